The van der Waals surface area contributed by atoms with Gasteiger partial charge in [-0.25, -0.2) is 12.8 Å². The molecule has 2 rings (SSSR count). The molecule has 114 valence electrons. The zero-order valence-electron chi connectivity index (χ0n) is 11.8. The third-order valence-corrected chi connectivity index (χ3v) is 4.35. The lowest BCUT2D eigenvalue weighted by molar-refractivity contribution is 0.460. The third kappa shape index (κ3) is 3.83. The van der Waals surface area contributed by atoms with Gasteiger partial charge in [-0.05, 0) is 37.7 Å². The summed E-state index contributed by atoms with van der Waals surface area (Å²) in [5.41, 5.74) is 0.297. The predicted octanol–water partition coefficient (Wildman–Crippen LogP) is 2.64. The van der Waals surface area contributed by atoms with Crippen LogP contribution < -0.4 is 10.0 Å². The van der Waals surface area contributed by atoms with Gasteiger partial charge < -0.3 is 9.73 Å². The minimum absolute atomic E-state index is 0.0831. The first-order valence-electron chi connectivity index (χ1n) is 6.51. The van der Waals surface area contributed by atoms with Crippen molar-refractivity contribution in [1.82, 2.24) is 5.32 Å². The van der Waals surface area contributed by atoms with E-state index in [1.54, 1.807) is 6.92 Å². The van der Waals surface area contributed by atoms with Gasteiger partial charge in [-0.1, -0.05) is 6.92 Å². The Hall–Kier alpha value is -1.86. The molecule has 0 aliphatic carbocycles. The Morgan fingerprint density at radius 3 is 2.52 bits per heavy atom. The SMILES string of the molecule is CCNCc1cc(S(=O)(=O)Nc2ccc(F)cc2)c(C)o1. The molecule has 0 fully saturated rings. The van der Waals surface area contributed by atoms with E-state index in [2.05, 4.69) is 10.0 Å². The molecular formula is C14H17FN2O3S. The molecule has 0 unspecified atom stereocenters. The molecule has 2 aromatic rings. The Balaban J connectivity index is 2.22. The van der Waals surface area contributed by atoms with Crippen LogP contribution in [0.4, 0.5) is 10.1 Å². The maximum Gasteiger partial charge on any atom is 0.265 e. The number of halogens is 1. The number of aryl methyl sites for hydroxylation is 1. The van der Waals surface area contributed by atoms with Gasteiger partial charge in [-0.15, -0.1) is 0 Å². The largest absolute Gasteiger partial charge is 0.464 e. The van der Waals surface area contributed by atoms with Crippen LogP contribution in [0.1, 0.15) is 18.4 Å². The van der Waals surface area contributed by atoms with Gasteiger partial charge in [0.1, 0.15) is 22.2 Å². The van der Waals surface area contributed by atoms with Crippen LogP contribution in [0.3, 0.4) is 0 Å². The highest BCUT2D eigenvalue weighted by Gasteiger charge is 2.21. The van der Waals surface area contributed by atoms with E-state index in [0.29, 0.717) is 23.8 Å². The van der Waals surface area contributed by atoms with Crippen molar-refractivity contribution in [3.8, 4) is 0 Å². The Morgan fingerprint density at radius 2 is 1.90 bits per heavy atom. The second-order valence-electron chi connectivity index (χ2n) is 4.53. The van der Waals surface area contributed by atoms with E-state index in [1.807, 2.05) is 6.92 Å². The number of hydrogen-bond donors (Lipinski definition) is 2. The van der Waals surface area contributed by atoms with Crippen LogP contribution in [0, 0.1) is 12.7 Å². The highest BCUT2D eigenvalue weighted by atomic mass is 32.2. The second-order valence-corrected chi connectivity index (χ2v) is 6.18. The molecule has 0 atom stereocenters. The third-order valence-electron chi connectivity index (χ3n) is 2.86. The maximum atomic E-state index is 12.8. The quantitative estimate of drug-likeness (QED) is 0.860. The van der Waals surface area contributed by atoms with Crippen molar-refractivity contribution in [1.29, 1.82) is 0 Å². The van der Waals surface area contributed by atoms with Crippen molar-refractivity contribution in [3.05, 3.63) is 47.7 Å². The molecule has 0 aliphatic rings. The van der Waals surface area contributed by atoms with E-state index >= 15 is 0 Å². The smallest absolute Gasteiger partial charge is 0.265 e. The lowest BCUT2D eigenvalue weighted by Gasteiger charge is -2.06. The number of furan rings is 1. The minimum Gasteiger partial charge on any atom is -0.464 e. The van der Waals surface area contributed by atoms with Crippen molar-refractivity contribution in [2.24, 2.45) is 0 Å². The van der Waals surface area contributed by atoms with Crippen molar-refractivity contribution in [2.45, 2.75) is 25.3 Å². The van der Waals surface area contributed by atoms with Crippen LogP contribution in [-0.4, -0.2) is 15.0 Å². The Labute approximate surface area is 123 Å². The van der Waals surface area contributed by atoms with Gasteiger partial charge in [0.15, 0.2) is 0 Å². The number of sulfonamides is 1. The highest BCUT2D eigenvalue weighted by molar-refractivity contribution is 7.92. The molecule has 0 bridgehead atoms. The van der Waals surface area contributed by atoms with Crippen molar-refractivity contribution >= 4 is 15.7 Å². The predicted molar refractivity (Wildman–Crippen MR) is 78.0 cm³/mol. The lowest BCUT2D eigenvalue weighted by Crippen LogP contribution is -2.13. The number of benzene rings is 1. The van der Waals surface area contributed by atoms with E-state index < -0.39 is 15.8 Å². The molecule has 1 aromatic carbocycles. The fourth-order valence-electron chi connectivity index (χ4n) is 1.85. The molecule has 0 saturated carbocycles. The molecule has 0 amide bonds. The van der Waals surface area contributed by atoms with Crippen LogP contribution in [0.25, 0.3) is 0 Å². The van der Waals surface area contributed by atoms with Crippen molar-refractivity contribution < 1.29 is 17.2 Å². The van der Waals surface area contributed by atoms with Crippen LogP contribution in [-0.2, 0) is 16.6 Å². The van der Waals surface area contributed by atoms with Gasteiger partial charge in [0, 0.05) is 11.8 Å². The summed E-state index contributed by atoms with van der Waals surface area (Å²) in [7, 11) is -3.76. The molecular weight excluding hydrogens is 295 g/mol. The number of hydrogen-bond acceptors (Lipinski definition) is 4. The van der Waals surface area contributed by atoms with Gasteiger partial charge in [-0.2, -0.15) is 0 Å². The van der Waals surface area contributed by atoms with Gasteiger partial charge in [-0.3, -0.25) is 4.72 Å². The van der Waals surface area contributed by atoms with Crippen LogP contribution in [0.2, 0.25) is 0 Å². The molecule has 1 aromatic heterocycles. The summed E-state index contributed by atoms with van der Waals surface area (Å²) in [6.07, 6.45) is 0. The van der Waals surface area contributed by atoms with Crippen LogP contribution in [0.5, 0.6) is 0 Å². The molecule has 7 heteroatoms. The van der Waals surface area contributed by atoms with Gasteiger partial charge >= 0.3 is 0 Å². The normalized spacial score (nSPS) is 11.6. The lowest BCUT2D eigenvalue weighted by atomic mass is 10.3. The molecule has 0 spiro atoms. The first-order valence-corrected chi connectivity index (χ1v) is 7.99. The molecule has 2 N–H and O–H groups in total. The summed E-state index contributed by atoms with van der Waals surface area (Å²) < 4.78 is 45.3. The Morgan fingerprint density at radius 1 is 1.24 bits per heavy atom. The van der Waals surface area contributed by atoms with Crippen molar-refractivity contribution in [3.63, 3.8) is 0 Å². The number of rotatable bonds is 6. The van der Waals surface area contributed by atoms with Crippen molar-refractivity contribution in [2.75, 3.05) is 11.3 Å². The second kappa shape index (κ2) is 6.28. The first-order chi connectivity index (χ1) is 9.92. The fraction of sp³-hybridized carbons (Fsp3) is 0.286. The summed E-state index contributed by atoms with van der Waals surface area (Å²) in [6.45, 7) is 4.76. The topological polar surface area (TPSA) is 71.3 Å². The van der Waals surface area contributed by atoms with E-state index in [-0.39, 0.29) is 4.90 Å². The number of anilines is 1. The highest BCUT2D eigenvalue weighted by Crippen LogP contribution is 2.23. The standard InChI is InChI=1S/C14H17FN2O3S/c1-3-16-9-13-8-14(10(2)20-13)21(18,19)17-12-6-4-11(15)5-7-12/h4-8,16-17H,3,9H2,1-2H3. The Bertz CT molecular complexity index is 708. The Kier molecular flexibility index (Phi) is 4.64. The van der Waals surface area contributed by atoms with E-state index in [0.717, 1.165) is 6.54 Å². The average Bonchev–Trinajstić information content (AvgIpc) is 2.81. The molecule has 0 radical (unpaired) electrons. The van der Waals surface area contributed by atoms with E-state index in [1.165, 1.54) is 30.3 Å². The monoisotopic (exact) mass is 312 g/mol. The van der Waals surface area contributed by atoms with Crippen LogP contribution >= 0.6 is 0 Å². The summed E-state index contributed by atoms with van der Waals surface area (Å²) in [5, 5.41) is 3.06. The summed E-state index contributed by atoms with van der Waals surface area (Å²) in [6, 6.07) is 6.60. The summed E-state index contributed by atoms with van der Waals surface area (Å²) >= 11 is 0. The first kappa shape index (κ1) is 15.5. The zero-order valence-corrected chi connectivity index (χ0v) is 12.6. The average molecular weight is 312 g/mol. The van der Waals surface area contributed by atoms with E-state index in [9.17, 15) is 12.8 Å². The summed E-state index contributed by atoms with van der Waals surface area (Å²) in [4.78, 5) is 0.0831. The molecule has 0 saturated heterocycles. The molecule has 5 nitrogen and oxygen atoms in total. The molecule has 21 heavy (non-hydrogen) atoms. The van der Waals surface area contributed by atoms with Gasteiger partial charge in [0.25, 0.3) is 10.0 Å². The summed E-state index contributed by atoms with van der Waals surface area (Å²) in [5.74, 6) is 0.441. The number of nitrogens with one attached hydrogen (secondary N) is 2. The maximum absolute atomic E-state index is 12.8. The van der Waals surface area contributed by atoms with Gasteiger partial charge in [0.2, 0.25) is 0 Å². The molecule has 0 aliphatic heterocycles. The van der Waals surface area contributed by atoms with E-state index in [4.69, 9.17) is 4.42 Å². The van der Waals surface area contributed by atoms with Crippen LogP contribution in [0.15, 0.2) is 39.6 Å². The molecule has 1 heterocycles. The minimum atomic E-state index is -3.76. The fourth-order valence-corrected chi connectivity index (χ4v) is 3.12. The van der Waals surface area contributed by atoms with Gasteiger partial charge in [0.05, 0.1) is 6.54 Å². The zero-order chi connectivity index (χ0) is 15.5.